The predicted octanol–water partition coefficient (Wildman–Crippen LogP) is 1.57. The summed E-state index contributed by atoms with van der Waals surface area (Å²) in [7, 11) is 3.06. The van der Waals surface area contributed by atoms with Crippen molar-refractivity contribution >= 4 is 23.3 Å². The molecule has 0 saturated carbocycles. The number of nitro benzene ring substituents is 1. The number of non-ortho nitro benzene ring substituents is 1. The molecule has 0 aliphatic heterocycles. The summed E-state index contributed by atoms with van der Waals surface area (Å²) >= 11 is 1.60. The van der Waals surface area contributed by atoms with Crippen LogP contribution in [0.5, 0.6) is 5.75 Å². The van der Waals surface area contributed by atoms with Crippen LogP contribution in [0.3, 0.4) is 0 Å². The SMILES string of the molecule is CCOc1cc([N+](=O)[O-])ccc1SCCCNCCNc1cc(=O)n(C)c(=O)n1C. The molecule has 2 aromatic rings. The van der Waals surface area contributed by atoms with Gasteiger partial charge in [-0.3, -0.25) is 24.0 Å². The van der Waals surface area contributed by atoms with Crippen molar-refractivity contribution in [2.75, 3.05) is 37.3 Å². The van der Waals surface area contributed by atoms with Crippen LogP contribution < -0.4 is 26.6 Å². The quantitative estimate of drug-likeness (QED) is 0.222. The highest BCUT2D eigenvalue weighted by Crippen LogP contribution is 2.33. The monoisotopic (exact) mass is 437 g/mol. The number of hydrogen-bond donors (Lipinski definition) is 2. The smallest absolute Gasteiger partial charge is 0.332 e. The molecular weight excluding hydrogens is 410 g/mol. The fourth-order valence-corrected chi connectivity index (χ4v) is 3.62. The maximum absolute atomic E-state index is 11.9. The number of nitrogens with zero attached hydrogens (tertiary/aromatic N) is 3. The molecule has 0 saturated heterocycles. The Hall–Kier alpha value is -2.79. The molecule has 2 N–H and O–H groups in total. The number of anilines is 1. The standard InChI is InChI=1S/C19H27N5O5S/c1-4-29-15-12-14(24(27)28)6-7-16(15)30-11-5-8-20-9-10-21-17-13-18(25)23(3)19(26)22(17)2/h6-7,12-13,20-21H,4-5,8-11H2,1-3H3. The Morgan fingerprint density at radius 1 is 1.13 bits per heavy atom. The lowest BCUT2D eigenvalue weighted by atomic mass is 10.3. The summed E-state index contributed by atoms with van der Waals surface area (Å²) in [4.78, 5) is 34.9. The lowest BCUT2D eigenvalue weighted by molar-refractivity contribution is -0.385. The van der Waals surface area contributed by atoms with Crippen molar-refractivity contribution in [3.63, 3.8) is 0 Å². The average molecular weight is 438 g/mol. The van der Waals surface area contributed by atoms with E-state index in [4.69, 9.17) is 4.74 Å². The van der Waals surface area contributed by atoms with Gasteiger partial charge in [-0.1, -0.05) is 0 Å². The van der Waals surface area contributed by atoms with Crippen LogP contribution in [0.4, 0.5) is 11.5 Å². The highest BCUT2D eigenvalue weighted by Gasteiger charge is 2.12. The first-order valence-electron chi connectivity index (χ1n) is 9.60. The maximum atomic E-state index is 11.9. The van der Waals surface area contributed by atoms with Gasteiger partial charge in [0.15, 0.2) is 0 Å². The normalized spacial score (nSPS) is 10.8. The molecule has 10 nitrogen and oxygen atoms in total. The van der Waals surface area contributed by atoms with Crippen molar-refractivity contribution in [1.82, 2.24) is 14.5 Å². The summed E-state index contributed by atoms with van der Waals surface area (Å²) in [6.07, 6.45) is 0.900. The van der Waals surface area contributed by atoms with Gasteiger partial charge in [-0.2, -0.15) is 0 Å². The van der Waals surface area contributed by atoms with Crippen molar-refractivity contribution < 1.29 is 9.66 Å². The lowest BCUT2D eigenvalue weighted by Gasteiger charge is -2.12. The summed E-state index contributed by atoms with van der Waals surface area (Å²) in [5.74, 6) is 1.86. The molecule has 0 bridgehead atoms. The van der Waals surface area contributed by atoms with E-state index < -0.39 is 4.92 Å². The van der Waals surface area contributed by atoms with E-state index in [-0.39, 0.29) is 16.9 Å². The van der Waals surface area contributed by atoms with Gasteiger partial charge < -0.3 is 15.4 Å². The average Bonchev–Trinajstić information content (AvgIpc) is 2.72. The Kier molecular flexibility index (Phi) is 8.93. The van der Waals surface area contributed by atoms with E-state index in [0.717, 1.165) is 28.2 Å². The van der Waals surface area contributed by atoms with Crippen LogP contribution in [0.1, 0.15) is 13.3 Å². The molecule has 30 heavy (non-hydrogen) atoms. The highest BCUT2D eigenvalue weighted by molar-refractivity contribution is 7.99. The minimum Gasteiger partial charge on any atom is -0.492 e. The van der Waals surface area contributed by atoms with Gasteiger partial charge in [0, 0.05) is 44.2 Å². The summed E-state index contributed by atoms with van der Waals surface area (Å²) in [5, 5.41) is 17.3. The third kappa shape index (κ3) is 6.36. The van der Waals surface area contributed by atoms with Crippen molar-refractivity contribution in [3.8, 4) is 5.75 Å². The van der Waals surface area contributed by atoms with Crippen molar-refractivity contribution in [2.45, 2.75) is 18.2 Å². The second-order valence-electron chi connectivity index (χ2n) is 6.47. The van der Waals surface area contributed by atoms with E-state index in [9.17, 15) is 19.7 Å². The van der Waals surface area contributed by atoms with Gasteiger partial charge in [0.2, 0.25) is 0 Å². The number of thioether (sulfide) groups is 1. The molecule has 0 spiro atoms. The van der Waals surface area contributed by atoms with Gasteiger partial charge in [-0.05, 0) is 31.7 Å². The fourth-order valence-electron chi connectivity index (χ4n) is 2.68. The van der Waals surface area contributed by atoms with E-state index in [1.807, 2.05) is 6.92 Å². The molecule has 164 valence electrons. The molecule has 11 heteroatoms. The zero-order valence-electron chi connectivity index (χ0n) is 17.3. The Balaban J connectivity index is 1.71. The van der Waals surface area contributed by atoms with Crippen LogP contribution in [0, 0.1) is 10.1 Å². The summed E-state index contributed by atoms with van der Waals surface area (Å²) in [5.41, 5.74) is -0.693. The minimum absolute atomic E-state index is 0.0192. The van der Waals surface area contributed by atoms with Gasteiger partial charge in [0.25, 0.3) is 11.2 Å². The van der Waals surface area contributed by atoms with Crippen LogP contribution in [-0.4, -0.2) is 46.1 Å². The number of nitro groups is 1. The minimum atomic E-state index is -0.430. The number of nitrogens with one attached hydrogen (secondary N) is 2. The maximum Gasteiger partial charge on any atom is 0.332 e. The molecule has 0 fully saturated rings. The molecule has 1 aromatic carbocycles. The Morgan fingerprint density at radius 2 is 1.90 bits per heavy atom. The van der Waals surface area contributed by atoms with E-state index in [0.29, 0.717) is 31.3 Å². The Morgan fingerprint density at radius 3 is 2.60 bits per heavy atom. The summed E-state index contributed by atoms with van der Waals surface area (Å²) in [6.45, 7) is 4.33. The van der Waals surface area contributed by atoms with Crippen LogP contribution in [0.15, 0.2) is 38.8 Å². The number of rotatable bonds is 12. The number of hydrogen-bond acceptors (Lipinski definition) is 8. The van der Waals surface area contributed by atoms with Crippen LogP contribution in [-0.2, 0) is 14.1 Å². The molecule has 1 aromatic heterocycles. The van der Waals surface area contributed by atoms with Gasteiger partial charge in [0.1, 0.15) is 11.6 Å². The molecule has 0 radical (unpaired) electrons. The number of aromatic nitrogens is 2. The molecule has 0 aliphatic rings. The lowest BCUT2D eigenvalue weighted by Crippen LogP contribution is -2.38. The molecule has 0 aliphatic carbocycles. The van der Waals surface area contributed by atoms with Crippen LogP contribution >= 0.6 is 11.8 Å². The number of ether oxygens (including phenoxy) is 1. The molecule has 0 unspecified atom stereocenters. The zero-order chi connectivity index (χ0) is 22.1. The summed E-state index contributed by atoms with van der Waals surface area (Å²) < 4.78 is 7.98. The second kappa shape index (κ2) is 11.4. The van der Waals surface area contributed by atoms with Crippen LogP contribution in [0.2, 0.25) is 0 Å². The van der Waals surface area contributed by atoms with E-state index >= 15 is 0 Å². The first kappa shape index (κ1) is 23.5. The second-order valence-corrected chi connectivity index (χ2v) is 7.61. The topological polar surface area (TPSA) is 120 Å². The molecular formula is C19H27N5O5S. The van der Waals surface area contributed by atoms with E-state index in [1.54, 1.807) is 24.9 Å². The van der Waals surface area contributed by atoms with Crippen molar-refractivity contribution in [1.29, 1.82) is 0 Å². The first-order valence-corrected chi connectivity index (χ1v) is 10.6. The fraction of sp³-hybridized carbons (Fsp3) is 0.474. The van der Waals surface area contributed by atoms with Crippen LogP contribution in [0.25, 0.3) is 0 Å². The molecule has 1 heterocycles. The highest BCUT2D eigenvalue weighted by atomic mass is 32.2. The van der Waals surface area contributed by atoms with Crippen molar-refractivity contribution in [2.24, 2.45) is 14.1 Å². The zero-order valence-corrected chi connectivity index (χ0v) is 18.2. The van der Waals surface area contributed by atoms with E-state index in [1.165, 1.54) is 29.8 Å². The van der Waals surface area contributed by atoms with E-state index in [2.05, 4.69) is 10.6 Å². The molecule has 0 atom stereocenters. The van der Waals surface area contributed by atoms with Gasteiger partial charge in [-0.25, -0.2) is 4.79 Å². The predicted molar refractivity (Wildman–Crippen MR) is 118 cm³/mol. The largest absolute Gasteiger partial charge is 0.492 e. The Labute approximate surface area is 178 Å². The van der Waals surface area contributed by atoms with Gasteiger partial charge in [0.05, 0.1) is 17.6 Å². The number of benzene rings is 1. The van der Waals surface area contributed by atoms with Gasteiger partial charge >= 0.3 is 5.69 Å². The molecule has 2 rings (SSSR count). The third-order valence-electron chi connectivity index (χ3n) is 4.33. The first-order chi connectivity index (χ1) is 14.3. The Bertz CT molecular complexity index is 988. The van der Waals surface area contributed by atoms with Gasteiger partial charge in [-0.15, -0.1) is 11.8 Å². The third-order valence-corrected chi connectivity index (χ3v) is 5.47. The summed E-state index contributed by atoms with van der Waals surface area (Å²) in [6, 6.07) is 6.07. The molecule has 0 amide bonds. The van der Waals surface area contributed by atoms with Crippen molar-refractivity contribution in [3.05, 3.63) is 55.2 Å².